The van der Waals surface area contributed by atoms with Crippen LogP contribution in [0.5, 0.6) is 0 Å². The molecule has 0 radical (unpaired) electrons. The van der Waals surface area contributed by atoms with E-state index in [9.17, 15) is 14.4 Å². The summed E-state index contributed by atoms with van der Waals surface area (Å²) in [6.45, 7) is 1.33. The third-order valence-electron chi connectivity index (χ3n) is 2.66. The Morgan fingerprint density at radius 3 is 2.67 bits per heavy atom. The highest BCUT2D eigenvalue weighted by Gasteiger charge is 2.31. The lowest BCUT2D eigenvalue weighted by Gasteiger charge is -2.27. The van der Waals surface area contributed by atoms with Crippen molar-refractivity contribution in [3.05, 3.63) is 0 Å². The van der Waals surface area contributed by atoms with E-state index < -0.39 is 11.9 Å². The first kappa shape index (κ1) is 11.7. The molecule has 0 heterocycles. The van der Waals surface area contributed by atoms with Crippen LogP contribution in [0.3, 0.4) is 0 Å². The zero-order chi connectivity index (χ0) is 11.4. The van der Waals surface area contributed by atoms with E-state index in [1.54, 1.807) is 0 Å². The fourth-order valence-corrected chi connectivity index (χ4v) is 1.98. The van der Waals surface area contributed by atoms with Gasteiger partial charge in [-0.3, -0.25) is 14.4 Å². The van der Waals surface area contributed by atoms with Crippen LogP contribution >= 0.6 is 0 Å². The number of Topliss-reactive ketones (excluding diaryl/α,β-unsaturated/α-hetero) is 1. The van der Waals surface area contributed by atoms with Gasteiger partial charge in [-0.15, -0.1) is 0 Å². The molecule has 0 saturated heterocycles. The van der Waals surface area contributed by atoms with E-state index in [0.29, 0.717) is 12.8 Å². The summed E-state index contributed by atoms with van der Waals surface area (Å²) in [5, 5.41) is 2.50. The summed E-state index contributed by atoms with van der Waals surface area (Å²) in [7, 11) is 0. The number of rotatable bonds is 3. The first-order valence-corrected chi connectivity index (χ1v) is 5.09. The molecule has 0 bridgehead atoms. The molecule has 0 aliphatic heterocycles. The summed E-state index contributed by atoms with van der Waals surface area (Å²) >= 11 is 0. The Kier molecular flexibility index (Phi) is 3.82. The Balaban J connectivity index is 2.66. The van der Waals surface area contributed by atoms with Gasteiger partial charge in [0.2, 0.25) is 11.8 Å². The maximum atomic E-state index is 11.2. The van der Waals surface area contributed by atoms with E-state index in [0.717, 1.165) is 12.8 Å². The van der Waals surface area contributed by atoms with Crippen LogP contribution in [-0.4, -0.2) is 23.6 Å². The lowest BCUT2D eigenvalue weighted by atomic mass is 9.83. The first-order chi connectivity index (χ1) is 7.00. The van der Waals surface area contributed by atoms with Gasteiger partial charge in [0, 0.05) is 19.8 Å². The highest BCUT2D eigenvalue weighted by molar-refractivity contribution is 5.87. The molecule has 0 aromatic heterocycles. The van der Waals surface area contributed by atoms with E-state index in [2.05, 4.69) is 5.32 Å². The second-order valence-corrected chi connectivity index (χ2v) is 3.98. The number of ketones is 1. The van der Waals surface area contributed by atoms with E-state index >= 15 is 0 Å². The third-order valence-corrected chi connectivity index (χ3v) is 2.66. The molecule has 5 nitrogen and oxygen atoms in total. The van der Waals surface area contributed by atoms with Crippen LogP contribution in [-0.2, 0) is 14.4 Å². The first-order valence-electron chi connectivity index (χ1n) is 5.09. The van der Waals surface area contributed by atoms with E-state index in [1.807, 2.05) is 0 Å². The molecular formula is C10H16N2O3. The molecule has 84 valence electrons. The molecule has 0 aromatic rings. The van der Waals surface area contributed by atoms with Crippen molar-refractivity contribution in [1.82, 2.24) is 5.32 Å². The van der Waals surface area contributed by atoms with Crippen LogP contribution < -0.4 is 11.1 Å². The Hall–Kier alpha value is -1.39. The molecule has 1 aliphatic rings. The molecule has 2 amide bonds. The van der Waals surface area contributed by atoms with Crippen molar-refractivity contribution >= 4 is 17.6 Å². The van der Waals surface area contributed by atoms with Gasteiger partial charge in [-0.25, -0.2) is 0 Å². The minimum Gasteiger partial charge on any atom is -0.368 e. The molecule has 15 heavy (non-hydrogen) atoms. The van der Waals surface area contributed by atoms with Crippen molar-refractivity contribution < 1.29 is 14.4 Å². The van der Waals surface area contributed by atoms with Gasteiger partial charge in [-0.2, -0.15) is 0 Å². The monoisotopic (exact) mass is 212 g/mol. The van der Waals surface area contributed by atoms with Gasteiger partial charge in [0.25, 0.3) is 0 Å². The second-order valence-electron chi connectivity index (χ2n) is 3.98. The quantitative estimate of drug-likeness (QED) is 0.675. The smallest absolute Gasteiger partial charge is 0.240 e. The second kappa shape index (κ2) is 4.91. The van der Waals surface area contributed by atoms with E-state index in [1.165, 1.54) is 6.92 Å². The lowest BCUT2D eigenvalue weighted by molar-refractivity contribution is -0.129. The minimum absolute atomic E-state index is 0.132. The number of carbonyl (C=O) groups is 3. The van der Waals surface area contributed by atoms with Gasteiger partial charge in [-0.1, -0.05) is 0 Å². The number of carbonyl (C=O) groups excluding carboxylic acids is 3. The molecular weight excluding hydrogens is 196 g/mol. The third kappa shape index (κ3) is 3.34. The molecule has 3 N–H and O–H groups in total. The van der Waals surface area contributed by atoms with Crippen LogP contribution in [0.4, 0.5) is 0 Å². The minimum atomic E-state index is -0.702. The van der Waals surface area contributed by atoms with Crippen LogP contribution in [0.25, 0.3) is 0 Å². The van der Waals surface area contributed by atoms with Crippen LogP contribution in [0, 0.1) is 5.92 Å². The van der Waals surface area contributed by atoms with Gasteiger partial charge < -0.3 is 11.1 Å². The van der Waals surface area contributed by atoms with Crippen molar-refractivity contribution in [2.45, 2.75) is 38.6 Å². The molecule has 0 unspecified atom stereocenters. The SMILES string of the molecule is CC(=O)N[C@@H](C(N)=O)[C@H]1CCCC(=O)C1. The number of amides is 2. The Bertz CT molecular complexity index is 288. The van der Waals surface area contributed by atoms with Gasteiger partial charge in [0.15, 0.2) is 0 Å². The van der Waals surface area contributed by atoms with Crippen LogP contribution in [0.15, 0.2) is 0 Å². The standard InChI is InChI=1S/C10H16N2O3/c1-6(13)12-9(10(11)15)7-3-2-4-8(14)5-7/h7,9H,2-5H2,1H3,(H2,11,15)(H,12,13)/t7-,9+/m0/s1. The molecule has 0 spiro atoms. The molecule has 1 saturated carbocycles. The fourth-order valence-electron chi connectivity index (χ4n) is 1.98. The molecule has 1 rings (SSSR count). The Labute approximate surface area is 88.4 Å². The zero-order valence-electron chi connectivity index (χ0n) is 8.79. The average molecular weight is 212 g/mol. The highest BCUT2D eigenvalue weighted by atomic mass is 16.2. The van der Waals surface area contributed by atoms with Crippen molar-refractivity contribution in [2.75, 3.05) is 0 Å². The highest BCUT2D eigenvalue weighted by Crippen LogP contribution is 2.24. The lowest BCUT2D eigenvalue weighted by Crippen LogP contribution is -2.49. The number of hydrogen-bond acceptors (Lipinski definition) is 3. The van der Waals surface area contributed by atoms with E-state index in [4.69, 9.17) is 5.73 Å². The fraction of sp³-hybridized carbons (Fsp3) is 0.700. The summed E-state index contributed by atoms with van der Waals surface area (Å²) in [5.74, 6) is -0.850. The summed E-state index contributed by atoms with van der Waals surface area (Å²) in [5.41, 5.74) is 5.20. The summed E-state index contributed by atoms with van der Waals surface area (Å²) in [6, 6.07) is -0.702. The molecule has 0 aromatic carbocycles. The Morgan fingerprint density at radius 2 is 2.20 bits per heavy atom. The summed E-state index contributed by atoms with van der Waals surface area (Å²) in [6.07, 6.45) is 2.45. The predicted molar refractivity (Wildman–Crippen MR) is 53.8 cm³/mol. The van der Waals surface area contributed by atoms with E-state index in [-0.39, 0.29) is 17.6 Å². The number of hydrogen-bond donors (Lipinski definition) is 2. The topological polar surface area (TPSA) is 89.3 Å². The van der Waals surface area contributed by atoms with Gasteiger partial charge in [0.1, 0.15) is 11.8 Å². The number of primary amides is 1. The maximum absolute atomic E-state index is 11.2. The largest absolute Gasteiger partial charge is 0.368 e. The van der Waals surface area contributed by atoms with Crippen molar-refractivity contribution in [3.63, 3.8) is 0 Å². The van der Waals surface area contributed by atoms with Crippen LogP contribution in [0.1, 0.15) is 32.6 Å². The normalized spacial score (nSPS) is 23.3. The predicted octanol–water partition coefficient (Wildman–Crippen LogP) is -0.264. The van der Waals surface area contributed by atoms with Gasteiger partial charge >= 0.3 is 0 Å². The number of nitrogens with two attached hydrogens (primary N) is 1. The maximum Gasteiger partial charge on any atom is 0.240 e. The zero-order valence-corrected chi connectivity index (χ0v) is 8.79. The van der Waals surface area contributed by atoms with Crippen molar-refractivity contribution in [2.24, 2.45) is 11.7 Å². The summed E-state index contributed by atoms with van der Waals surface area (Å²) in [4.78, 5) is 33.2. The van der Waals surface area contributed by atoms with Crippen LogP contribution in [0.2, 0.25) is 0 Å². The molecule has 1 fully saturated rings. The molecule has 1 aliphatic carbocycles. The van der Waals surface area contributed by atoms with Gasteiger partial charge in [0.05, 0.1) is 0 Å². The molecule has 2 atom stereocenters. The van der Waals surface area contributed by atoms with Crippen molar-refractivity contribution in [3.8, 4) is 0 Å². The van der Waals surface area contributed by atoms with Crippen molar-refractivity contribution in [1.29, 1.82) is 0 Å². The Morgan fingerprint density at radius 1 is 1.53 bits per heavy atom. The average Bonchev–Trinajstić information content (AvgIpc) is 2.13. The number of nitrogens with one attached hydrogen (secondary N) is 1. The molecule has 5 heteroatoms. The summed E-state index contributed by atoms with van der Waals surface area (Å²) < 4.78 is 0. The van der Waals surface area contributed by atoms with Gasteiger partial charge in [-0.05, 0) is 18.8 Å².